The molecule has 8 heteroatoms. The summed E-state index contributed by atoms with van der Waals surface area (Å²) < 4.78 is 5.02. The summed E-state index contributed by atoms with van der Waals surface area (Å²) in [7, 11) is 0. The Hall–Kier alpha value is -3.26. The first-order valence-corrected chi connectivity index (χ1v) is 11.8. The standard InChI is InChI=1S/C19H20N6O.C6H13N/c1-3-4-5-12-8-22-19(20)24-17(12)14-9-21-18-13(14)6-7-16(23-18)15-10-26-25-11(15)2;1-6-4-2-3-5-7-6/h6-10H,3-5H2,1-2H3,(H,21,23)(H2,20,22,24);6-7H,2-5H2,1H3. The van der Waals surface area contributed by atoms with Gasteiger partial charge in [-0.2, -0.15) is 0 Å². The number of hydrogen-bond donors (Lipinski definition) is 3. The van der Waals surface area contributed by atoms with Gasteiger partial charge >= 0.3 is 0 Å². The molecule has 8 nitrogen and oxygen atoms in total. The largest absolute Gasteiger partial charge is 0.368 e. The summed E-state index contributed by atoms with van der Waals surface area (Å²) in [5, 5.41) is 8.30. The lowest BCUT2D eigenvalue weighted by Gasteiger charge is -2.18. The maximum absolute atomic E-state index is 5.85. The number of nitrogens with zero attached hydrogens (tertiary/aromatic N) is 4. The zero-order chi connectivity index (χ0) is 23.2. The number of H-pyrrole nitrogens is 1. The van der Waals surface area contributed by atoms with Gasteiger partial charge in [-0.05, 0) is 63.8 Å². The molecule has 4 N–H and O–H groups in total. The van der Waals surface area contributed by atoms with Gasteiger partial charge in [-0.1, -0.05) is 24.9 Å². The molecule has 0 bridgehead atoms. The van der Waals surface area contributed by atoms with Gasteiger partial charge in [-0.3, -0.25) is 0 Å². The number of nitrogens with two attached hydrogens (primary N) is 1. The number of unbranched alkanes of at least 4 members (excludes halogenated alkanes) is 1. The molecule has 4 aromatic rings. The van der Waals surface area contributed by atoms with Crippen molar-refractivity contribution in [1.29, 1.82) is 0 Å². The molecule has 33 heavy (non-hydrogen) atoms. The summed E-state index contributed by atoms with van der Waals surface area (Å²) in [5.74, 6) is 0.277. The quantitative estimate of drug-likeness (QED) is 0.391. The molecule has 174 valence electrons. The van der Waals surface area contributed by atoms with E-state index in [1.165, 1.54) is 25.8 Å². The number of anilines is 1. The van der Waals surface area contributed by atoms with Crippen LogP contribution in [0.4, 0.5) is 5.95 Å². The van der Waals surface area contributed by atoms with Crippen LogP contribution in [0.1, 0.15) is 57.2 Å². The van der Waals surface area contributed by atoms with Gasteiger partial charge < -0.3 is 20.6 Å². The molecule has 0 aromatic carbocycles. The van der Waals surface area contributed by atoms with Gasteiger partial charge in [0.05, 0.1) is 22.6 Å². The van der Waals surface area contributed by atoms with Crippen LogP contribution in [0.15, 0.2) is 35.3 Å². The van der Waals surface area contributed by atoms with Crippen molar-refractivity contribution in [3.63, 3.8) is 0 Å². The highest BCUT2D eigenvalue weighted by Gasteiger charge is 2.15. The molecule has 1 fully saturated rings. The van der Waals surface area contributed by atoms with Crippen molar-refractivity contribution in [2.24, 2.45) is 0 Å². The summed E-state index contributed by atoms with van der Waals surface area (Å²) in [4.78, 5) is 16.6. The highest BCUT2D eigenvalue weighted by molar-refractivity contribution is 5.94. The van der Waals surface area contributed by atoms with Crippen LogP contribution in [0.5, 0.6) is 0 Å². The molecule has 0 aliphatic carbocycles. The number of fused-ring (bicyclic) bond motifs is 1. The Morgan fingerprint density at radius 2 is 2.06 bits per heavy atom. The van der Waals surface area contributed by atoms with Crippen LogP contribution in [-0.2, 0) is 6.42 Å². The SMILES string of the molecule is CC1CCCCN1.CCCCc1cnc(N)nc1-c1c[nH]c2nc(-c3conc3C)ccc12. The van der Waals surface area contributed by atoms with E-state index in [1.54, 1.807) is 6.26 Å². The summed E-state index contributed by atoms with van der Waals surface area (Å²) in [6, 6.07) is 4.79. The normalized spacial score (nSPS) is 15.9. The van der Waals surface area contributed by atoms with Gasteiger partial charge in [0.1, 0.15) is 11.9 Å². The lowest BCUT2D eigenvalue weighted by atomic mass is 10.0. The predicted molar refractivity (Wildman–Crippen MR) is 132 cm³/mol. The molecule has 1 saturated heterocycles. The lowest BCUT2D eigenvalue weighted by molar-refractivity contribution is 0.415. The van der Waals surface area contributed by atoms with Crippen molar-refractivity contribution in [2.45, 2.75) is 65.3 Å². The number of aryl methyl sites for hydroxylation is 2. The third kappa shape index (κ3) is 5.39. The molecule has 1 aliphatic rings. The first-order valence-electron chi connectivity index (χ1n) is 11.8. The van der Waals surface area contributed by atoms with E-state index in [1.807, 2.05) is 31.5 Å². The minimum Gasteiger partial charge on any atom is -0.368 e. The van der Waals surface area contributed by atoms with E-state index in [0.29, 0.717) is 0 Å². The number of pyridine rings is 1. The Morgan fingerprint density at radius 3 is 2.73 bits per heavy atom. The second-order valence-corrected chi connectivity index (χ2v) is 8.67. The van der Waals surface area contributed by atoms with Gasteiger partial charge in [-0.25, -0.2) is 15.0 Å². The van der Waals surface area contributed by atoms with Crippen LogP contribution in [0.3, 0.4) is 0 Å². The topological polar surface area (TPSA) is 119 Å². The third-order valence-electron chi connectivity index (χ3n) is 6.06. The Morgan fingerprint density at radius 1 is 1.18 bits per heavy atom. The Kier molecular flexibility index (Phi) is 7.34. The fraction of sp³-hybridized carbons (Fsp3) is 0.440. The molecule has 4 aromatic heterocycles. The maximum Gasteiger partial charge on any atom is 0.220 e. The van der Waals surface area contributed by atoms with Gasteiger partial charge in [0, 0.05) is 29.4 Å². The van der Waals surface area contributed by atoms with E-state index >= 15 is 0 Å². The predicted octanol–water partition coefficient (Wildman–Crippen LogP) is 5.06. The first kappa shape index (κ1) is 22.9. The number of rotatable bonds is 5. The molecule has 0 saturated carbocycles. The van der Waals surface area contributed by atoms with Crippen LogP contribution in [0.25, 0.3) is 33.5 Å². The van der Waals surface area contributed by atoms with Gasteiger partial charge in [0.25, 0.3) is 0 Å². The van der Waals surface area contributed by atoms with E-state index in [-0.39, 0.29) is 5.95 Å². The molecule has 5 heterocycles. The van der Waals surface area contributed by atoms with Crippen LogP contribution < -0.4 is 11.1 Å². The average Bonchev–Trinajstić information content (AvgIpc) is 3.44. The number of nitrogens with one attached hydrogen (secondary N) is 2. The van der Waals surface area contributed by atoms with E-state index in [2.05, 4.69) is 39.3 Å². The molecular formula is C25H33N7O. The molecule has 1 unspecified atom stereocenters. The van der Waals surface area contributed by atoms with Gasteiger partial charge in [0.2, 0.25) is 5.95 Å². The molecule has 0 radical (unpaired) electrons. The van der Waals surface area contributed by atoms with Gasteiger partial charge in [0.15, 0.2) is 0 Å². The van der Waals surface area contributed by atoms with Crippen molar-refractivity contribution in [2.75, 3.05) is 12.3 Å². The number of aromatic amines is 1. The third-order valence-corrected chi connectivity index (χ3v) is 6.06. The molecule has 1 atom stereocenters. The minimum absolute atomic E-state index is 0.277. The molecular weight excluding hydrogens is 414 g/mol. The summed E-state index contributed by atoms with van der Waals surface area (Å²) >= 11 is 0. The van der Waals surface area contributed by atoms with Crippen LogP contribution >= 0.6 is 0 Å². The summed E-state index contributed by atoms with van der Waals surface area (Å²) in [5.41, 5.74) is 12.1. The number of nitrogen functional groups attached to an aromatic ring is 1. The van der Waals surface area contributed by atoms with E-state index in [0.717, 1.165) is 70.1 Å². The number of piperidine rings is 1. The maximum atomic E-state index is 5.85. The highest BCUT2D eigenvalue weighted by Crippen LogP contribution is 2.32. The fourth-order valence-electron chi connectivity index (χ4n) is 4.12. The summed E-state index contributed by atoms with van der Waals surface area (Å²) in [6.45, 7) is 7.55. The minimum atomic E-state index is 0.277. The average molecular weight is 448 g/mol. The van der Waals surface area contributed by atoms with Crippen molar-refractivity contribution in [3.05, 3.63) is 42.0 Å². The smallest absolute Gasteiger partial charge is 0.220 e. The van der Waals surface area contributed by atoms with Crippen molar-refractivity contribution in [3.8, 4) is 22.5 Å². The Balaban J connectivity index is 0.000000318. The lowest BCUT2D eigenvalue weighted by Crippen LogP contribution is -2.30. The second-order valence-electron chi connectivity index (χ2n) is 8.67. The van der Waals surface area contributed by atoms with E-state index in [9.17, 15) is 0 Å². The van der Waals surface area contributed by atoms with Crippen molar-refractivity contribution < 1.29 is 4.52 Å². The highest BCUT2D eigenvalue weighted by atomic mass is 16.5. The molecule has 5 rings (SSSR count). The number of aromatic nitrogens is 5. The van der Waals surface area contributed by atoms with Crippen molar-refractivity contribution in [1.82, 2.24) is 30.4 Å². The van der Waals surface area contributed by atoms with Crippen molar-refractivity contribution >= 4 is 17.0 Å². The molecule has 0 spiro atoms. The fourth-order valence-corrected chi connectivity index (χ4v) is 4.12. The van der Waals surface area contributed by atoms with Gasteiger partial charge in [-0.15, -0.1) is 0 Å². The van der Waals surface area contributed by atoms with Crippen LogP contribution in [-0.4, -0.2) is 37.7 Å². The van der Waals surface area contributed by atoms with Crippen LogP contribution in [0, 0.1) is 6.92 Å². The zero-order valence-corrected chi connectivity index (χ0v) is 19.7. The Bertz CT molecular complexity index is 1190. The van der Waals surface area contributed by atoms with E-state index < -0.39 is 0 Å². The van der Waals surface area contributed by atoms with Crippen LogP contribution in [0.2, 0.25) is 0 Å². The second kappa shape index (κ2) is 10.6. The number of hydrogen-bond acceptors (Lipinski definition) is 7. The molecule has 1 aliphatic heterocycles. The monoisotopic (exact) mass is 447 g/mol. The first-order chi connectivity index (χ1) is 16.1. The van der Waals surface area contributed by atoms with E-state index in [4.69, 9.17) is 15.2 Å². The molecule has 0 amide bonds. The zero-order valence-electron chi connectivity index (χ0n) is 19.7. The Labute approximate surface area is 194 Å². The summed E-state index contributed by atoms with van der Waals surface area (Å²) in [6.07, 6.45) is 12.7.